The van der Waals surface area contributed by atoms with Crippen LogP contribution in [-0.2, 0) is 11.2 Å². The minimum atomic E-state index is 0. The Morgan fingerprint density at radius 2 is 1.81 bits per heavy atom. The van der Waals surface area contributed by atoms with E-state index >= 15 is 0 Å². The number of anilines is 1. The van der Waals surface area contributed by atoms with Gasteiger partial charge in [0.2, 0.25) is 0 Å². The monoisotopic (exact) mass is 408 g/mol. The standard InChI is InChI=1S/C22H28N2O.2ClH/c1-16-7-9-19(10-8-16)24-13-12-23-21(15-24)17(2)22-20-6-4-3-5-18(20)11-14-25-22;;/h3-10,17,21-23H,11-15H2,1-2H3;2*1H. The summed E-state index contributed by atoms with van der Waals surface area (Å²) in [4.78, 5) is 2.51. The van der Waals surface area contributed by atoms with Crippen molar-refractivity contribution in [3.05, 3.63) is 65.2 Å². The number of hydrogen-bond donors (Lipinski definition) is 1. The Labute approximate surface area is 175 Å². The Balaban J connectivity index is 0.00000131. The van der Waals surface area contributed by atoms with Crippen LogP contribution in [0.15, 0.2) is 48.5 Å². The zero-order chi connectivity index (χ0) is 17.2. The van der Waals surface area contributed by atoms with Crippen molar-refractivity contribution in [1.82, 2.24) is 5.32 Å². The Morgan fingerprint density at radius 3 is 2.59 bits per heavy atom. The van der Waals surface area contributed by atoms with Gasteiger partial charge in [-0.05, 0) is 36.6 Å². The van der Waals surface area contributed by atoms with Gasteiger partial charge in [0, 0.05) is 37.3 Å². The highest BCUT2D eigenvalue weighted by Crippen LogP contribution is 2.35. The molecule has 1 saturated heterocycles. The molecule has 2 aromatic rings. The summed E-state index contributed by atoms with van der Waals surface area (Å²) >= 11 is 0. The third-order valence-corrected chi connectivity index (χ3v) is 5.75. The number of aryl methyl sites for hydroxylation is 1. The Kier molecular flexibility index (Phi) is 7.99. The summed E-state index contributed by atoms with van der Waals surface area (Å²) in [5, 5.41) is 3.74. The third-order valence-electron chi connectivity index (χ3n) is 5.75. The molecule has 0 amide bonds. The van der Waals surface area contributed by atoms with Crippen molar-refractivity contribution < 1.29 is 4.74 Å². The van der Waals surface area contributed by atoms with Gasteiger partial charge in [-0.3, -0.25) is 0 Å². The molecule has 1 N–H and O–H groups in total. The van der Waals surface area contributed by atoms with Crippen molar-refractivity contribution in [3.8, 4) is 0 Å². The SMILES string of the molecule is Cc1ccc(N2CCNC(C(C)C3OCCc4ccccc43)C2)cc1.Cl.Cl. The van der Waals surface area contributed by atoms with Gasteiger partial charge in [-0.2, -0.15) is 0 Å². The van der Waals surface area contributed by atoms with Gasteiger partial charge >= 0.3 is 0 Å². The Bertz CT molecular complexity index is 723. The van der Waals surface area contributed by atoms with Crippen molar-refractivity contribution in [3.63, 3.8) is 0 Å². The van der Waals surface area contributed by atoms with E-state index in [9.17, 15) is 0 Å². The minimum Gasteiger partial charge on any atom is -0.373 e. The number of fused-ring (bicyclic) bond motifs is 1. The van der Waals surface area contributed by atoms with E-state index in [1.165, 1.54) is 22.4 Å². The van der Waals surface area contributed by atoms with E-state index in [1.807, 2.05) is 0 Å². The van der Waals surface area contributed by atoms with Crippen LogP contribution >= 0.6 is 24.8 Å². The van der Waals surface area contributed by atoms with Crippen LogP contribution in [0.4, 0.5) is 5.69 Å². The minimum absolute atomic E-state index is 0. The largest absolute Gasteiger partial charge is 0.373 e. The summed E-state index contributed by atoms with van der Waals surface area (Å²) in [6.45, 7) is 8.44. The smallest absolute Gasteiger partial charge is 0.0868 e. The van der Waals surface area contributed by atoms with Gasteiger partial charge in [0.1, 0.15) is 0 Å². The molecule has 0 saturated carbocycles. The molecule has 2 aromatic carbocycles. The topological polar surface area (TPSA) is 24.5 Å². The summed E-state index contributed by atoms with van der Waals surface area (Å²) in [6, 6.07) is 18.1. The first-order valence-corrected chi connectivity index (χ1v) is 9.47. The lowest BCUT2D eigenvalue weighted by Gasteiger charge is -2.41. The molecule has 3 atom stereocenters. The average Bonchev–Trinajstić information content (AvgIpc) is 2.68. The molecule has 0 aromatic heterocycles. The van der Waals surface area contributed by atoms with Crippen molar-refractivity contribution in [2.45, 2.75) is 32.4 Å². The molecule has 3 unspecified atom stereocenters. The van der Waals surface area contributed by atoms with Crippen LogP contribution < -0.4 is 10.2 Å². The molecule has 4 rings (SSSR count). The van der Waals surface area contributed by atoms with E-state index in [4.69, 9.17) is 4.74 Å². The molecule has 2 aliphatic heterocycles. The number of ether oxygens (including phenoxy) is 1. The predicted molar refractivity (Wildman–Crippen MR) is 118 cm³/mol. The molecule has 5 heteroatoms. The lowest BCUT2D eigenvalue weighted by molar-refractivity contribution is -0.00538. The van der Waals surface area contributed by atoms with Crippen LogP contribution in [-0.4, -0.2) is 32.3 Å². The number of hydrogen-bond acceptors (Lipinski definition) is 3. The first-order chi connectivity index (χ1) is 12.2. The molecule has 0 radical (unpaired) electrons. The highest BCUT2D eigenvalue weighted by Gasteiger charge is 2.33. The Hall–Kier alpha value is -1.26. The quantitative estimate of drug-likeness (QED) is 0.804. The van der Waals surface area contributed by atoms with Gasteiger partial charge in [-0.1, -0.05) is 48.9 Å². The fraction of sp³-hybridized carbons (Fsp3) is 0.455. The van der Waals surface area contributed by atoms with Crippen molar-refractivity contribution >= 4 is 30.5 Å². The molecule has 0 spiro atoms. The molecule has 2 heterocycles. The second kappa shape index (κ2) is 9.79. The normalized spacial score (nSPS) is 22.8. The van der Waals surface area contributed by atoms with E-state index in [0.29, 0.717) is 12.0 Å². The van der Waals surface area contributed by atoms with Crippen LogP contribution in [0.25, 0.3) is 0 Å². The van der Waals surface area contributed by atoms with Gasteiger partial charge in [-0.15, -0.1) is 24.8 Å². The number of nitrogens with one attached hydrogen (secondary N) is 1. The van der Waals surface area contributed by atoms with Crippen LogP contribution in [0.2, 0.25) is 0 Å². The maximum absolute atomic E-state index is 6.22. The predicted octanol–water partition coefficient (Wildman–Crippen LogP) is 4.57. The maximum atomic E-state index is 6.22. The van der Waals surface area contributed by atoms with E-state index in [2.05, 4.69) is 72.6 Å². The fourth-order valence-electron chi connectivity index (χ4n) is 4.19. The van der Waals surface area contributed by atoms with Gasteiger partial charge in [-0.25, -0.2) is 0 Å². The van der Waals surface area contributed by atoms with Crippen LogP contribution in [0.5, 0.6) is 0 Å². The average molecular weight is 409 g/mol. The molecule has 27 heavy (non-hydrogen) atoms. The van der Waals surface area contributed by atoms with Gasteiger partial charge in [0.15, 0.2) is 0 Å². The van der Waals surface area contributed by atoms with Gasteiger partial charge in [0.05, 0.1) is 12.7 Å². The number of benzene rings is 2. The lowest BCUT2D eigenvalue weighted by atomic mass is 9.85. The van der Waals surface area contributed by atoms with Gasteiger partial charge in [0.25, 0.3) is 0 Å². The van der Waals surface area contributed by atoms with Gasteiger partial charge < -0.3 is 15.0 Å². The second-order valence-corrected chi connectivity index (χ2v) is 7.44. The summed E-state index contributed by atoms with van der Waals surface area (Å²) in [5.74, 6) is 0.440. The van der Waals surface area contributed by atoms with Crippen molar-refractivity contribution in [2.24, 2.45) is 5.92 Å². The zero-order valence-corrected chi connectivity index (χ0v) is 17.7. The van der Waals surface area contributed by atoms with Crippen LogP contribution in [0.1, 0.15) is 29.7 Å². The summed E-state index contributed by atoms with van der Waals surface area (Å²) < 4.78 is 6.22. The van der Waals surface area contributed by atoms with E-state index in [0.717, 1.165) is 32.7 Å². The van der Waals surface area contributed by atoms with Crippen LogP contribution in [0, 0.1) is 12.8 Å². The maximum Gasteiger partial charge on any atom is 0.0868 e. The molecule has 3 nitrogen and oxygen atoms in total. The van der Waals surface area contributed by atoms with Crippen molar-refractivity contribution in [1.29, 1.82) is 0 Å². The number of rotatable bonds is 3. The molecular weight excluding hydrogens is 379 g/mol. The highest BCUT2D eigenvalue weighted by molar-refractivity contribution is 5.85. The molecule has 2 aliphatic rings. The third kappa shape index (κ3) is 4.78. The van der Waals surface area contributed by atoms with Crippen LogP contribution in [0.3, 0.4) is 0 Å². The molecule has 1 fully saturated rings. The highest BCUT2D eigenvalue weighted by atomic mass is 35.5. The number of nitrogens with zero attached hydrogens (tertiary/aromatic N) is 1. The number of halogens is 2. The number of piperazine rings is 1. The first-order valence-electron chi connectivity index (χ1n) is 9.47. The Morgan fingerprint density at radius 1 is 1.07 bits per heavy atom. The van der Waals surface area contributed by atoms with E-state index in [1.54, 1.807) is 0 Å². The second-order valence-electron chi connectivity index (χ2n) is 7.44. The molecule has 148 valence electrons. The molecular formula is C22H30Cl2N2O. The molecule has 0 bridgehead atoms. The zero-order valence-electron chi connectivity index (χ0n) is 16.1. The summed E-state index contributed by atoms with van der Waals surface area (Å²) in [5.41, 5.74) is 5.48. The summed E-state index contributed by atoms with van der Waals surface area (Å²) in [7, 11) is 0. The van der Waals surface area contributed by atoms with E-state index in [-0.39, 0.29) is 30.9 Å². The fourth-order valence-corrected chi connectivity index (χ4v) is 4.19. The van der Waals surface area contributed by atoms with E-state index < -0.39 is 0 Å². The first kappa shape index (κ1) is 22.0. The lowest BCUT2D eigenvalue weighted by Crippen LogP contribution is -2.54. The summed E-state index contributed by atoms with van der Waals surface area (Å²) in [6.07, 6.45) is 1.23. The molecule has 0 aliphatic carbocycles. The van der Waals surface area contributed by atoms with Crippen molar-refractivity contribution in [2.75, 3.05) is 31.1 Å².